The molecule has 0 spiro atoms. The van der Waals surface area contributed by atoms with Gasteiger partial charge in [-0.1, -0.05) is 96.1 Å². The van der Waals surface area contributed by atoms with Crippen molar-refractivity contribution in [2.24, 2.45) is 0 Å². The lowest BCUT2D eigenvalue weighted by Gasteiger charge is -2.43. The van der Waals surface area contributed by atoms with Crippen LogP contribution < -0.4 is 10.6 Å². The zero-order chi connectivity index (χ0) is 23.1. The van der Waals surface area contributed by atoms with Crippen LogP contribution in [0.2, 0.25) is 0 Å². The van der Waals surface area contributed by atoms with Crippen molar-refractivity contribution in [1.82, 2.24) is 0 Å². The number of carbonyl (C=O) groups is 1. The van der Waals surface area contributed by atoms with E-state index in [1.165, 1.54) is 0 Å². The zero-order valence-corrected chi connectivity index (χ0v) is 18.7. The lowest BCUT2D eigenvalue weighted by Crippen LogP contribution is -2.64. The maximum Gasteiger partial charge on any atom is 0.212 e. The van der Waals surface area contributed by atoms with E-state index in [-0.39, 0.29) is 5.78 Å². The van der Waals surface area contributed by atoms with E-state index < -0.39 is 11.3 Å². The Hall–Kier alpha value is -3.89. The number of nitrogens with one attached hydrogen (secondary N) is 2. The van der Waals surface area contributed by atoms with E-state index in [4.69, 9.17) is 0 Å². The van der Waals surface area contributed by atoms with Gasteiger partial charge >= 0.3 is 0 Å². The van der Waals surface area contributed by atoms with Crippen LogP contribution in [0.1, 0.15) is 32.6 Å². The van der Waals surface area contributed by atoms with Crippen LogP contribution in [0.25, 0.3) is 0 Å². The fraction of sp³-hybridized carbons (Fsp3) is 0.138. The molecule has 1 aliphatic heterocycles. The number of hydrogen-bond donors (Lipinski definition) is 3. The molecule has 2 atom stereocenters. The summed E-state index contributed by atoms with van der Waals surface area (Å²) in [5, 5.41) is 19.5. The second kappa shape index (κ2) is 7.91. The van der Waals surface area contributed by atoms with Crippen LogP contribution in [-0.2, 0) is 5.60 Å². The summed E-state index contributed by atoms with van der Waals surface area (Å²) in [5.74, 6) is -0.246. The van der Waals surface area contributed by atoms with Crippen molar-refractivity contribution in [3.8, 4) is 0 Å². The molecule has 4 aromatic rings. The highest BCUT2D eigenvalue weighted by atomic mass is 16.3. The molecule has 0 saturated heterocycles. The molecule has 0 amide bonds. The number of hydrogen-bond acceptors (Lipinski definition) is 4. The number of Topliss-reactive ketones (excluding diaryl/α,β-unsaturated/α-hetero) is 1. The summed E-state index contributed by atoms with van der Waals surface area (Å²) in [6.07, 6.45) is 0. The zero-order valence-electron chi connectivity index (χ0n) is 18.7. The van der Waals surface area contributed by atoms with Crippen LogP contribution in [0.15, 0.2) is 103 Å². The number of ketones is 1. The van der Waals surface area contributed by atoms with Crippen LogP contribution >= 0.6 is 0 Å². The van der Waals surface area contributed by atoms with Gasteiger partial charge in [0.15, 0.2) is 5.60 Å². The number of carbonyl (C=O) groups excluding carboxylic acids is 1. The summed E-state index contributed by atoms with van der Waals surface area (Å²) >= 11 is 0. The Balaban J connectivity index is 1.79. The van der Waals surface area contributed by atoms with Crippen LogP contribution in [0.5, 0.6) is 0 Å². The summed E-state index contributed by atoms with van der Waals surface area (Å²) < 4.78 is 0. The summed E-state index contributed by atoms with van der Waals surface area (Å²) in [5.41, 5.74) is 2.12. The van der Waals surface area contributed by atoms with Gasteiger partial charge in [-0.2, -0.15) is 0 Å². The standard InChI is InChI=1S/C29H26N2O2/c1-20-13-16-24(17-14-20)30-29(27(32)22-9-5-3-6-10-22)28(33,23-11-7-4-8-12-23)25-19-21(2)15-18-26(25)31-29/h3-19,30-31,33H,1-2H3. The first-order valence-electron chi connectivity index (χ1n) is 11.1. The van der Waals surface area contributed by atoms with Gasteiger partial charge in [-0.05, 0) is 37.6 Å². The van der Waals surface area contributed by atoms with E-state index in [0.717, 1.165) is 22.5 Å². The van der Waals surface area contributed by atoms with E-state index in [9.17, 15) is 9.90 Å². The highest BCUT2D eigenvalue weighted by Gasteiger charge is 2.63. The number of fused-ring (bicyclic) bond motifs is 1. The maximum absolute atomic E-state index is 14.3. The Morgan fingerprint density at radius 2 is 1.39 bits per heavy atom. The first kappa shape index (κ1) is 21.0. The molecule has 0 aromatic heterocycles. The molecule has 3 N–H and O–H groups in total. The second-order valence-electron chi connectivity index (χ2n) is 8.69. The van der Waals surface area contributed by atoms with Crippen LogP contribution in [-0.4, -0.2) is 16.6 Å². The lowest BCUT2D eigenvalue weighted by molar-refractivity contribution is 0.0282. The highest BCUT2D eigenvalue weighted by molar-refractivity contribution is 6.09. The number of aryl methyl sites for hydroxylation is 2. The molecule has 164 valence electrons. The van der Waals surface area contributed by atoms with Gasteiger partial charge in [-0.25, -0.2) is 0 Å². The predicted molar refractivity (Wildman–Crippen MR) is 133 cm³/mol. The molecule has 1 heterocycles. The van der Waals surface area contributed by atoms with Crippen LogP contribution in [0.4, 0.5) is 11.4 Å². The molecular weight excluding hydrogens is 408 g/mol. The third-order valence-electron chi connectivity index (χ3n) is 6.38. The number of aliphatic hydroxyl groups is 1. The van der Waals surface area contributed by atoms with Crippen molar-refractivity contribution in [2.75, 3.05) is 10.6 Å². The fourth-order valence-corrected chi connectivity index (χ4v) is 4.67. The third-order valence-corrected chi connectivity index (χ3v) is 6.38. The molecule has 0 radical (unpaired) electrons. The summed E-state index contributed by atoms with van der Waals surface area (Å²) in [7, 11) is 0. The van der Waals surface area contributed by atoms with Crippen molar-refractivity contribution in [2.45, 2.75) is 25.1 Å². The van der Waals surface area contributed by atoms with Gasteiger partial charge in [-0.3, -0.25) is 4.79 Å². The SMILES string of the molecule is Cc1ccc(NC2(C(=O)c3ccccc3)Nc3ccc(C)cc3C2(O)c2ccccc2)cc1. The van der Waals surface area contributed by atoms with Crippen molar-refractivity contribution in [1.29, 1.82) is 0 Å². The molecule has 33 heavy (non-hydrogen) atoms. The molecule has 0 fully saturated rings. The minimum atomic E-state index is -1.67. The molecule has 0 saturated carbocycles. The van der Waals surface area contributed by atoms with Crippen molar-refractivity contribution >= 4 is 17.2 Å². The Morgan fingerprint density at radius 3 is 2.06 bits per heavy atom. The van der Waals surface area contributed by atoms with Crippen molar-refractivity contribution in [3.05, 3.63) is 131 Å². The van der Waals surface area contributed by atoms with Gasteiger partial charge in [0.2, 0.25) is 11.4 Å². The van der Waals surface area contributed by atoms with Gasteiger partial charge in [0.25, 0.3) is 0 Å². The Kier molecular flexibility index (Phi) is 5.03. The normalized spacial score (nSPS) is 21.2. The number of anilines is 2. The molecule has 4 aromatic carbocycles. The van der Waals surface area contributed by atoms with Crippen LogP contribution in [0, 0.1) is 13.8 Å². The minimum Gasteiger partial charge on any atom is -0.375 e. The van der Waals surface area contributed by atoms with E-state index in [0.29, 0.717) is 16.7 Å². The first-order chi connectivity index (χ1) is 15.9. The largest absolute Gasteiger partial charge is 0.375 e. The lowest BCUT2D eigenvalue weighted by atomic mass is 9.74. The average molecular weight is 435 g/mol. The monoisotopic (exact) mass is 434 g/mol. The molecular formula is C29H26N2O2. The van der Waals surface area contributed by atoms with Gasteiger partial charge < -0.3 is 15.7 Å². The van der Waals surface area contributed by atoms with Gasteiger partial charge in [-0.15, -0.1) is 0 Å². The summed E-state index contributed by atoms with van der Waals surface area (Å²) in [6.45, 7) is 4.00. The summed E-state index contributed by atoms with van der Waals surface area (Å²) in [6, 6.07) is 32.2. The second-order valence-corrected chi connectivity index (χ2v) is 8.69. The van der Waals surface area contributed by atoms with Gasteiger partial charge in [0.1, 0.15) is 0 Å². The average Bonchev–Trinajstić information content (AvgIpc) is 3.10. The van der Waals surface area contributed by atoms with Crippen LogP contribution in [0.3, 0.4) is 0 Å². The Bertz CT molecular complexity index is 1300. The van der Waals surface area contributed by atoms with E-state index in [1.54, 1.807) is 12.1 Å². The number of benzene rings is 4. The Labute approximate surface area is 193 Å². The predicted octanol–water partition coefficient (Wildman–Crippen LogP) is 5.66. The topological polar surface area (TPSA) is 61.4 Å². The third kappa shape index (κ3) is 3.31. The van der Waals surface area contributed by atoms with E-state index in [1.807, 2.05) is 105 Å². The smallest absolute Gasteiger partial charge is 0.212 e. The van der Waals surface area contributed by atoms with E-state index >= 15 is 0 Å². The molecule has 0 aliphatic carbocycles. The fourth-order valence-electron chi connectivity index (χ4n) is 4.67. The molecule has 5 rings (SSSR count). The molecule has 4 heteroatoms. The van der Waals surface area contributed by atoms with E-state index in [2.05, 4.69) is 10.6 Å². The summed E-state index contributed by atoms with van der Waals surface area (Å²) in [4.78, 5) is 14.3. The maximum atomic E-state index is 14.3. The van der Waals surface area contributed by atoms with Gasteiger partial charge in [0.05, 0.1) is 0 Å². The quantitative estimate of drug-likeness (QED) is 0.355. The molecule has 1 aliphatic rings. The highest BCUT2D eigenvalue weighted by Crippen LogP contribution is 2.51. The van der Waals surface area contributed by atoms with Crippen molar-refractivity contribution in [3.63, 3.8) is 0 Å². The first-order valence-corrected chi connectivity index (χ1v) is 11.1. The number of rotatable bonds is 5. The minimum absolute atomic E-state index is 0.246. The van der Waals surface area contributed by atoms with Gasteiger partial charge in [0, 0.05) is 22.5 Å². The molecule has 0 bridgehead atoms. The Morgan fingerprint density at radius 1 is 0.788 bits per heavy atom. The molecule has 2 unspecified atom stereocenters. The molecule has 4 nitrogen and oxygen atoms in total. The van der Waals surface area contributed by atoms with Crippen molar-refractivity contribution < 1.29 is 9.90 Å².